The largest absolute Gasteiger partial charge is 0.497 e. The number of aromatic nitrogens is 2. The van der Waals surface area contributed by atoms with E-state index >= 15 is 0 Å². The summed E-state index contributed by atoms with van der Waals surface area (Å²) in [5.74, 6) is 2.01. The quantitative estimate of drug-likeness (QED) is 0.408. The smallest absolute Gasteiger partial charge is 0.185 e. The number of ether oxygens (including phenoxy) is 3. The van der Waals surface area contributed by atoms with Crippen molar-refractivity contribution in [3.05, 3.63) is 64.9 Å². The Bertz CT molecular complexity index is 1060. The number of fused-ring (bicyclic) bond motifs is 3. The first-order valence-electron chi connectivity index (χ1n) is 8.83. The van der Waals surface area contributed by atoms with Crippen LogP contribution in [0, 0.1) is 0 Å². The minimum absolute atomic E-state index is 0.0788. The van der Waals surface area contributed by atoms with Crippen LogP contribution in [0.1, 0.15) is 27.2 Å². The van der Waals surface area contributed by atoms with E-state index in [-0.39, 0.29) is 5.78 Å². The average Bonchev–Trinajstić information content (AvgIpc) is 3.29. The molecule has 6 nitrogen and oxygen atoms in total. The second-order valence-corrected chi connectivity index (χ2v) is 6.43. The fourth-order valence-electron chi connectivity index (χ4n) is 3.41. The topological polar surface area (TPSA) is 73.4 Å². The monoisotopic (exact) mass is 376 g/mol. The number of carbonyl (C=O) groups is 1. The third-order valence-corrected chi connectivity index (χ3v) is 4.91. The van der Waals surface area contributed by atoms with Gasteiger partial charge < -0.3 is 14.2 Å². The Morgan fingerprint density at radius 2 is 1.75 bits per heavy atom. The number of carbonyl (C=O) groups excluding carboxylic acids is 1. The van der Waals surface area contributed by atoms with Gasteiger partial charge in [0.15, 0.2) is 17.3 Å². The highest BCUT2D eigenvalue weighted by molar-refractivity contribution is 6.07. The molecule has 1 aliphatic carbocycles. The Morgan fingerprint density at radius 3 is 2.43 bits per heavy atom. The van der Waals surface area contributed by atoms with Crippen LogP contribution in [0.15, 0.2) is 42.5 Å². The van der Waals surface area contributed by atoms with Gasteiger partial charge >= 0.3 is 0 Å². The standard InChI is InChI=1S/C22H20N2O4/c1-26-15-6-4-13(5-7-15)19(25)9-8-18-17-10-14-11-20(27-2)21(28-3)12-16(14)22(17)24-23-18/h4-9,11-12H,10H2,1-3H3,(H,23,24)/b9-8+. The molecule has 0 saturated heterocycles. The number of allylic oxidation sites excluding steroid dienone is 1. The summed E-state index contributed by atoms with van der Waals surface area (Å²) in [5.41, 5.74) is 5.51. The minimum Gasteiger partial charge on any atom is -0.497 e. The van der Waals surface area contributed by atoms with E-state index in [4.69, 9.17) is 14.2 Å². The van der Waals surface area contributed by atoms with E-state index in [9.17, 15) is 4.79 Å². The van der Waals surface area contributed by atoms with Crippen LogP contribution in [0.25, 0.3) is 17.3 Å². The maximum absolute atomic E-state index is 12.4. The Hall–Kier alpha value is -3.54. The lowest BCUT2D eigenvalue weighted by Gasteiger charge is -2.09. The maximum atomic E-state index is 12.4. The molecule has 0 saturated carbocycles. The number of aromatic amines is 1. The van der Waals surface area contributed by atoms with E-state index in [0.29, 0.717) is 17.1 Å². The van der Waals surface area contributed by atoms with Crippen molar-refractivity contribution in [2.45, 2.75) is 6.42 Å². The van der Waals surface area contributed by atoms with Crippen molar-refractivity contribution < 1.29 is 19.0 Å². The fourth-order valence-corrected chi connectivity index (χ4v) is 3.41. The summed E-state index contributed by atoms with van der Waals surface area (Å²) < 4.78 is 15.9. The molecule has 1 aromatic heterocycles. The molecule has 4 rings (SSSR count). The van der Waals surface area contributed by atoms with Crippen LogP contribution in [0.5, 0.6) is 17.2 Å². The zero-order valence-electron chi connectivity index (χ0n) is 15.9. The van der Waals surface area contributed by atoms with Crippen LogP contribution < -0.4 is 14.2 Å². The molecule has 0 radical (unpaired) electrons. The summed E-state index contributed by atoms with van der Waals surface area (Å²) in [7, 11) is 4.83. The number of rotatable bonds is 6. The lowest BCUT2D eigenvalue weighted by Crippen LogP contribution is -1.95. The summed E-state index contributed by atoms with van der Waals surface area (Å²) in [6.45, 7) is 0. The zero-order chi connectivity index (χ0) is 19.7. The van der Waals surface area contributed by atoms with Gasteiger partial charge in [0.1, 0.15) is 5.75 Å². The Kier molecular flexibility index (Phi) is 4.61. The molecule has 0 fully saturated rings. The first-order chi connectivity index (χ1) is 13.6. The summed E-state index contributed by atoms with van der Waals surface area (Å²) in [5, 5.41) is 7.47. The van der Waals surface area contributed by atoms with E-state index in [1.165, 1.54) is 0 Å². The highest BCUT2D eigenvalue weighted by Gasteiger charge is 2.26. The molecule has 1 N–H and O–H groups in total. The lowest BCUT2D eigenvalue weighted by atomic mass is 10.1. The molecule has 0 spiro atoms. The van der Waals surface area contributed by atoms with Gasteiger partial charge in [0.25, 0.3) is 0 Å². The second kappa shape index (κ2) is 7.23. The fraction of sp³-hybridized carbons (Fsp3) is 0.182. The molecule has 142 valence electrons. The first kappa shape index (κ1) is 17.9. The SMILES string of the molecule is COc1ccc(C(=O)/C=C/c2[nH]nc3c2Cc2cc(OC)c(OC)cc2-3)cc1. The van der Waals surface area contributed by atoms with Crippen LogP contribution >= 0.6 is 0 Å². The minimum atomic E-state index is -0.0788. The van der Waals surface area contributed by atoms with E-state index in [2.05, 4.69) is 10.2 Å². The molecule has 0 amide bonds. The Morgan fingerprint density at radius 1 is 1.04 bits per heavy atom. The summed E-state index contributed by atoms with van der Waals surface area (Å²) >= 11 is 0. The summed E-state index contributed by atoms with van der Waals surface area (Å²) in [6, 6.07) is 11.0. The number of hydrogen-bond donors (Lipinski definition) is 1. The van der Waals surface area contributed by atoms with Crippen molar-refractivity contribution in [3.63, 3.8) is 0 Å². The predicted octanol–water partition coefficient (Wildman–Crippen LogP) is 3.90. The van der Waals surface area contributed by atoms with Crippen LogP contribution in [0.4, 0.5) is 0 Å². The molecular formula is C22H20N2O4. The molecule has 3 aromatic rings. The van der Waals surface area contributed by atoms with Gasteiger partial charge in [-0.05, 0) is 54.1 Å². The van der Waals surface area contributed by atoms with Gasteiger partial charge in [0.2, 0.25) is 0 Å². The molecule has 2 aromatic carbocycles. The van der Waals surface area contributed by atoms with Gasteiger partial charge in [-0.25, -0.2) is 0 Å². The molecule has 1 aliphatic rings. The van der Waals surface area contributed by atoms with E-state index < -0.39 is 0 Å². The third kappa shape index (κ3) is 3.03. The highest BCUT2D eigenvalue weighted by Crippen LogP contribution is 2.42. The van der Waals surface area contributed by atoms with Crippen molar-refractivity contribution in [1.82, 2.24) is 10.2 Å². The van der Waals surface area contributed by atoms with E-state index in [1.54, 1.807) is 57.7 Å². The van der Waals surface area contributed by atoms with Gasteiger partial charge in [-0.15, -0.1) is 0 Å². The third-order valence-electron chi connectivity index (χ3n) is 4.91. The van der Waals surface area contributed by atoms with Crippen molar-refractivity contribution >= 4 is 11.9 Å². The number of nitrogens with one attached hydrogen (secondary N) is 1. The summed E-state index contributed by atoms with van der Waals surface area (Å²) in [6.07, 6.45) is 4.05. The highest BCUT2D eigenvalue weighted by atomic mass is 16.5. The molecule has 1 heterocycles. The molecule has 0 atom stereocenters. The second-order valence-electron chi connectivity index (χ2n) is 6.43. The van der Waals surface area contributed by atoms with Gasteiger partial charge in [-0.2, -0.15) is 5.10 Å². The van der Waals surface area contributed by atoms with Crippen molar-refractivity contribution in [3.8, 4) is 28.5 Å². The number of H-pyrrole nitrogens is 1. The normalized spacial score (nSPS) is 12.0. The van der Waals surface area contributed by atoms with Crippen molar-refractivity contribution in [2.75, 3.05) is 21.3 Å². The number of benzene rings is 2. The first-order valence-corrected chi connectivity index (χ1v) is 8.83. The molecule has 0 aliphatic heterocycles. The van der Waals surface area contributed by atoms with Gasteiger partial charge in [0, 0.05) is 23.1 Å². The Balaban J connectivity index is 1.59. The van der Waals surface area contributed by atoms with E-state index in [1.807, 2.05) is 12.1 Å². The number of hydrogen-bond acceptors (Lipinski definition) is 5. The van der Waals surface area contributed by atoms with Crippen LogP contribution in [0.3, 0.4) is 0 Å². The van der Waals surface area contributed by atoms with Gasteiger partial charge in [0.05, 0.1) is 32.7 Å². The summed E-state index contributed by atoms with van der Waals surface area (Å²) in [4.78, 5) is 12.4. The number of ketones is 1. The molecule has 0 unspecified atom stereocenters. The van der Waals surface area contributed by atoms with Crippen molar-refractivity contribution in [2.24, 2.45) is 0 Å². The Labute approximate surface area is 162 Å². The van der Waals surface area contributed by atoms with Crippen LogP contribution in [-0.4, -0.2) is 37.3 Å². The average molecular weight is 376 g/mol. The van der Waals surface area contributed by atoms with Gasteiger partial charge in [-0.3, -0.25) is 9.89 Å². The molecule has 0 bridgehead atoms. The molecule has 6 heteroatoms. The predicted molar refractivity (Wildman–Crippen MR) is 106 cm³/mol. The number of methoxy groups -OCH3 is 3. The van der Waals surface area contributed by atoms with Gasteiger partial charge in [-0.1, -0.05) is 0 Å². The zero-order valence-corrected chi connectivity index (χ0v) is 15.9. The maximum Gasteiger partial charge on any atom is 0.185 e. The van der Waals surface area contributed by atoms with Crippen LogP contribution in [0.2, 0.25) is 0 Å². The number of nitrogens with zero attached hydrogens (tertiary/aromatic N) is 1. The van der Waals surface area contributed by atoms with Crippen LogP contribution in [-0.2, 0) is 6.42 Å². The molecular weight excluding hydrogens is 356 g/mol. The lowest BCUT2D eigenvalue weighted by molar-refractivity contribution is 0.104. The van der Waals surface area contributed by atoms with E-state index in [0.717, 1.165) is 40.2 Å². The molecule has 28 heavy (non-hydrogen) atoms. The van der Waals surface area contributed by atoms with Crippen molar-refractivity contribution in [1.29, 1.82) is 0 Å².